The number of ether oxygens (including phenoxy) is 2. The third-order valence-electron chi connectivity index (χ3n) is 4.31. The molecule has 118 valence electrons. The predicted molar refractivity (Wildman–Crippen MR) is 83.9 cm³/mol. The molecule has 1 unspecified atom stereocenters. The summed E-state index contributed by atoms with van der Waals surface area (Å²) in [5, 5.41) is 10.3. The zero-order chi connectivity index (χ0) is 15.2. The highest BCUT2D eigenvalue weighted by Crippen LogP contribution is 2.24. The number of nitrogens with zero attached hydrogens (tertiary/aromatic N) is 1. The molecule has 4 heteroatoms. The van der Waals surface area contributed by atoms with Gasteiger partial charge in [0.05, 0.1) is 13.2 Å². The van der Waals surface area contributed by atoms with Crippen LogP contribution >= 0.6 is 0 Å². The molecule has 0 saturated carbocycles. The van der Waals surface area contributed by atoms with E-state index in [-0.39, 0.29) is 0 Å². The number of rotatable bonds is 6. The molecule has 0 spiro atoms. The second-order valence-electron chi connectivity index (χ2n) is 6.02. The lowest BCUT2D eigenvalue weighted by Gasteiger charge is -2.36. The second kappa shape index (κ2) is 7.66. The molecule has 2 rings (SSSR count). The summed E-state index contributed by atoms with van der Waals surface area (Å²) in [5.74, 6) is 1.85. The molecule has 0 radical (unpaired) electrons. The Kier molecular flexibility index (Phi) is 5.88. The monoisotopic (exact) mass is 293 g/mol. The summed E-state index contributed by atoms with van der Waals surface area (Å²) >= 11 is 0. The van der Waals surface area contributed by atoms with E-state index in [0.29, 0.717) is 18.6 Å². The zero-order valence-electron chi connectivity index (χ0n) is 13.3. The van der Waals surface area contributed by atoms with Crippen LogP contribution in [0.1, 0.15) is 26.7 Å². The van der Waals surface area contributed by atoms with Crippen molar-refractivity contribution in [1.29, 1.82) is 0 Å². The first-order valence-electron chi connectivity index (χ1n) is 7.79. The van der Waals surface area contributed by atoms with E-state index in [9.17, 15) is 5.11 Å². The van der Waals surface area contributed by atoms with E-state index < -0.39 is 6.10 Å². The van der Waals surface area contributed by atoms with E-state index in [1.807, 2.05) is 24.3 Å². The molecule has 4 nitrogen and oxygen atoms in total. The largest absolute Gasteiger partial charge is 0.497 e. The number of likely N-dealkylation sites (tertiary alicyclic amines) is 1. The van der Waals surface area contributed by atoms with E-state index in [1.165, 1.54) is 0 Å². The number of piperidine rings is 1. The number of aliphatic hydroxyl groups is 1. The minimum absolute atomic E-state index is 0.339. The highest BCUT2D eigenvalue weighted by atomic mass is 16.5. The third-order valence-corrected chi connectivity index (χ3v) is 4.31. The van der Waals surface area contributed by atoms with Crippen molar-refractivity contribution in [2.24, 2.45) is 5.92 Å². The topological polar surface area (TPSA) is 41.9 Å². The molecule has 1 saturated heterocycles. The van der Waals surface area contributed by atoms with Gasteiger partial charge in [-0.1, -0.05) is 6.07 Å². The number of hydrogen-bond donors (Lipinski definition) is 1. The average molecular weight is 293 g/mol. The Hall–Kier alpha value is -1.26. The van der Waals surface area contributed by atoms with Gasteiger partial charge in [-0.3, -0.25) is 0 Å². The van der Waals surface area contributed by atoms with Gasteiger partial charge in [0.15, 0.2) is 0 Å². The van der Waals surface area contributed by atoms with Gasteiger partial charge in [-0.05, 0) is 57.8 Å². The number of aliphatic hydroxyl groups excluding tert-OH is 1. The Morgan fingerprint density at radius 1 is 1.24 bits per heavy atom. The van der Waals surface area contributed by atoms with Crippen molar-refractivity contribution in [2.45, 2.75) is 38.8 Å². The third kappa shape index (κ3) is 4.61. The van der Waals surface area contributed by atoms with Crippen LogP contribution in [-0.2, 0) is 0 Å². The van der Waals surface area contributed by atoms with Crippen LogP contribution in [0.2, 0.25) is 0 Å². The molecule has 1 fully saturated rings. The van der Waals surface area contributed by atoms with Crippen LogP contribution in [-0.4, -0.2) is 49.0 Å². The van der Waals surface area contributed by atoms with E-state index in [4.69, 9.17) is 9.47 Å². The first-order valence-corrected chi connectivity index (χ1v) is 7.79. The summed E-state index contributed by atoms with van der Waals surface area (Å²) in [6, 6.07) is 8.09. The zero-order valence-corrected chi connectivity index (χ0v) is 13.3. The van der Waals surface area contributed by atoms with Crippen molar-refractivity contribution < 1.29 is 14.6 Å². The Labute approximate surface area is 127 Å². The molecule has 1 aliphatic rings. The number of benzene rings is 1. The van der Waals surface area contributed by atoms with Crippen molar-refractivity contribution in [3.05, 3.63) is 24.3 Å². The van der Waals surface area contributed by atoms with E-state index in [1.54, 1.807) is 7.11 Å². The summed E-state index contributed by atoms with van der Waals surface area (Å²) < 4.78 is 10.9. The van der Waals surface area contributed by atoms with Crippen molar-refractivity contribution >= 4 is 0 Å². The molecule has 0 amide bonds. The van der Waals surface area contributed by atoms with Crippen LogP contribution in [0.5, 0.6) is 11.5 Å². The predicted octanol–water partition coefficient (Wildman–Crippen LogP) is 2.56. The van der Waals surface area contributed by atoms with Gasteiger partial charge in [-0.25, -0.2) is 0 Å². The SMILES string of the molecule is COc1cccc(OCC(O)C2CCN(C(C)C)CC2)c1. The van der Waals surface area contributed by atoms with Crippen molar-refractivity contribution in [3.8, 4) is 11.5 Å². The van der Waals surface area contributed by atoms with Crippen LogP contribution in [0.15, 0.2) is 24.3 Å². The Balaban J connectivity index is 1.78. The lowest BCUT2D eigenvalue weighted by molar-refractivity contribution is 0.0204. The van der Waals surface area contributed by atoms with Gasteiger partial charge in [0.2, 0.25) is 0 Å². The quantitative estimate of drug-likeness (QED) is 0.875. The first kappa shape index (κ1) is 16.1. The molecule has 0 aromatic heterocycles. The summed E-state index contributed by atoms with van der Waals surface area (Å²) in [5.41, 5.74) is 0. The van der Waals surface area contributed by atoms with E-state index >= 15 is 0 Å². The minimum atomic E-state index is -0.398. The van der Waals surface area contributed by atoms with E-state index in [2.05, 4.69) is 18.7 Å². The van der Waals surface area contributed by atoms with Crippen LogP contribution < -0.4 is 9.47 Å². The summed E-state index contributed by atoms with van der Waals surface area (Å²) in [6.45, 7) is 6.93. The van der Waals surface area contributed by atoms with Crippen molar-refractivity contribution in [2.75, 3.05) is 26.8 Å². The van der Waals surface area contributed by atoms with Gasteiger partial charge >= 0.3 is 0 Å². The summed E-state index contributed by atoms with van der Waals surface area (Å²) in [4.78, 5) is 2.46. The highest BCUT2D eigenvalue weighted by Gasteiger charge is 2.26. The molecule has 1 atom stereocenters. The molecule has 1 aliphatic heterocycles. The molecule has 21 heavy (non-hydrogen) atoms. The van der Waals surface area contributed by atoms with Crippen molar-refractivity contribution in [3.63, 3.8) is 0 Å². The van der Waals surface area contributed by atoms with Gasteiger partial charge in [-0.15, -0.1) is 0 Å². The normalized spacial score (nSPS) is 18.7. The van der Waals surface area contributed by atoms with Gasteiger partial charge in [0.25, 0.3) is 0 Å². The Morgan fingerprint density at radius 2 is 1.90 bits per heavy atom. The minimum Gasteiger partial charge on any atom is -0.497 e. The molecular formula is C17H27NO3. The second-order valence-corrected chi connectivity index (χ2v) is 6.02. The van der Waals surface area contributed by atoms with Crippen LogP contribution in [0.4, 0.5) is 0 Å². The highest BCUT2D eigenvalue weighted by molar-refractivity contribution is 5.32. The van der Waals surface area contributed by atoms with Crippen molar-refractivity contribution in [1.82, 2.24) is 4.90 Å². The summed E-state index contributed by atoms with van der Waals surface area (Å²) in [7, 11) is 1.64. The van der Waals surface area contributed by atoms with Gasteiger partial charge < -0.3 is 19.5 Å². The molecule has 0 aliphatic carbocycles. The molecule has 1 heterocycles. The average Bonchev–Trinajstić information content (AvgIpc) is 2.53. The lowest BCUT2D eigenvalue weighted by atomic mass is 9.91. The first-order chi connectivity index (χ1) is 10.1. The fourth-order valence-corrected chi connectivity index (χ4v) is 2.83. The van der Waals surface area contributed by atoms with Gasteiger partial charge in [0, 0.05) is 12.1 Å². The molecule has 0 bridgehead atoms. The maximum atomic E-state index is 10.3. The van der Waals surface area contributed by atoms with Crippen LogP contribution in [0.3, 0.4) is 0 Å². The smallest absolute Gasteiger partial charge is 0.123 e. The molecule has 1 aromatic rings. The van der Waals surface area contributed by atoms with Gasteiger partial charge in [-0.2, -0.15) is 0 Å². The fraction of sp³-hybridized carbons (Fsp3) is 0.647. The number of hydrogen-bond acceptors (Lipinski definition) is 4. The van der Waals surface area contributed by atoms with Gasteiger partial charge in [0.1, 0.15) is 18.1 Å². The molecule has 1 N–H and O–H groups in total. The molecular weight excluding hydrogens is 266 g/mol. The summed E-state index contributed by atoms with van der Waals surface area (Å²) in [6.07, 6.45) is 1.69. The maximum Gasteiger partial charge on any atom is 0.123 e. The number of methoxy groups -OCH3 is 1. The Bertz CT molecular complexity index is 428. The van der Waals surface area contributed by atoms with Crippen LogP contribution in [0, 0.1) is 5.92 Å². The Morgan fingerprint density at radius 3 is 2.52 bits per heavy atom. The fourth-order valence-electron chi connectivity index (χ4n) is 2.83. The van der Waals surface area contributed by atoms with Crippen LogP contribution in [0.25, 0.3) is 0 Å². The molecule has 1 aromatic carbocycles. The standard InChI is InChI=1S/C17H27NO3/c1-13(2)18-9-7-14(8-10-18)17(19)12-21-16-6-4-5-15(11-16)20-3/h4-6,11,13-14,17,19H,7-10,12H2,1-3H3. The van der Waals surface area contributed by atoms with E-state index in [0.717, 1.165) is 37.4 Å². The lowest BCUT2D eigenvalue weighted by Crippen LogP contribution is -2.42. The maximum absolute atomic E-state index is 10.3.